The van der Waals surface area contributed by atoms with Crippen molar-refractivity contribution in [3.63, 3.8) is 0 Å². The normalized spacial score (nSPS) is 19.6. The lowest BCUT2D eigenvalue weighted by molar-refractivity contribution is 0.0380. The van der Waals surface area contributed by atoms with Crippen LogP contribution in [0.4, 0.5) is 11.6 Å². The average molecular weight is 236 g/mol. The predicted octanol–water partition coefficient (Wildman–Crippen LogP) is 1.56. The van der Waals surface area contributed by atoms with Gasteiger partial charge in [-0.2, -0.15) is 0 Å². The Hall–Kier alpha value is -1.36. The van der Waals surface area contributed by atoms with E-state index in [0.29, 0.717) is 18.2 Å². The Bertz CT molecular complexity index is 344. The zero-order valence-electron chi connectivity index (χ0n) is 10.0. The summed E-state index contributed by atoms with van der Waals surface area (Å²) in [5.41, 5.74) is 5.45. The second-order valence-electron chi connectivity index (χ2n) is 4.83. The van der Waals surface area contributed by atoms with Crippen LogP contribution in [0.1, 0.15) is 38.5 Å². The molecule has 2 rings (SSSR count). The molecule has 5 nitrogen and oxygen atoms in total. The van der Waals surface area contributed by atoms with Crippen molar-refractivity contribution >= 4 is 11.6 Å². The number of nitrogens with two attached hydrogens (primary N) is 1. The van der Waals surface area contributed by atoms with Gasteiger partial charge in [0, 0.05) is 6.54 Å². The van der Waals surface area contributed by atoms with Gasteiger partial charge >= 0.3 is 0 Å². The fourth-order valence-corrected chi connectivity index (χ4v) is 2.24. The van der Waals surface area contributed by atoms with Crippen LogP contribution in [-0.4, -0.2) is 27.2 Å². The molecule has 0 aliphatic heterocycles. The Morgan fingerprint density at radius 2 is 1.76 bits per heavy atom. The zero-order chi connectivity index (χ0) is 12.1. The maximum Gasteiger partial charge on any atom is 0.222 e. The van der Waals surface area contributed by atoms with E-state index in [1.807, 2.05) is 0 Å². The first-order valence-corrected chi connectivity index (χ1v) is 6.22. The van der Waals surface area contributed by atoms with Crippen LogP contribution in [0.2, 0.25) is 0 Å². The molecule has 0 radical (unpaired) electrons. The maximum absolute atomic E-state index is 10.4. The molecule has 1 aromatic rings. The standard InChI is InChI=1S/C12H20N4O/c13-10-7-14-11(15-8-10)16-9-12(17)5-3-1-2-4-6-12/h7-8,17H,1-6,9,13H2,(H,14,15,16). The van der Waals surface area contributed by atoms with Crippen molar-refractivity contribution < 1.29 is 5.11 Å². The summed E-state index contributed by atoms with van der Waals surface area (Å²) in [5.74, 6) is 0.525. The summed E-state index contributed by atoms with van der Waals surface area (Å²) in [7, 11) is 0. The summed E-state index contributed by atoms with van der Waals surface area (Å²) in [6.45, 7) is 0.511. The lowest BCUT2D eigenvalue weighted by Crippen LogP contribution is -2.36. The van der Waals surface area contributed by atoms with Gasteiger partial charge < -0.3 is 16.2 Å². The predicted molar refractivity (Wildman–Crippen MR) is 67.6 cm³/mol. The van der Waals surface area contributed by atoms with Crippen molar-refractivity contribution in [3.05, 3.63) is 12.4 Å². The van der Waals surface area contributed by atoms with Gasteiger partial charge in [0.15, 0.2) is 0 Å². The molecule has 5 heteroatoms. The molecule has 0 spiro atoms. The van der Waals surface area contributed by atoms with Crippen molar-refractivity contribution in [2.45, 2.75) is 44.1 Å². The largest absolute Gasteiger partial charge is 0.396 e. The highest BCUT2D eigenvalue weighted by Gasteiger charge is 2.27. The van der Waals surface area contributed by atoms with E-state index in [0.717, 1.165) is 25.7 Å². The summed E-state index contributed by atoms with van der Waals surface area (Å²) in [6, 6.07) is 0. The topological polar surface area (TPSA) is 84.1 Å². The van der Waals surface area contributed by atoms with E-state index in [1.165, 1.54) is 12.8 Å². The van der Waals surface area contributed by atoms with Crippen molar-refractivity contribution in [1.29, 1.82) is 0 Å². The second-order valence-corrected chi connectivity index (χ2v) is 4.83. The first-order valence-electron chi connectivity index (χ1n) is 6.22. The number of aromatic nitrogens is 2. The number of hydrogen-bond acceptors (Lipinski definition) is 5. The minimum Gasteiger partial charge on any atom is -0.396 e. The van der Waals surface area contributed by atoms with Crippen LogP contribution in [0, 0.1) is 0 Å². The summed E-state index contributed by atoms with van der Waals surface area (Å²) < 4.78 is 0. The lowest BCUT2D eigenvalue weighted by Gasteiger charge is -2.26. The molecule has 1 saturated carbocycles. The van der Waals surface area contributed by atoms with E-state index in [4.69, 9.17) is 5.73 Å². The second kappa shape index (κ2) is 5.31. The molecule has 17 heavy (non-hydrogen) atoms. The summed E-state index contributed by atoms with van der Waals surface area (Å²) >= 11 is 0. The van der Waals surface area contributed by atoms with Gasteiger partial charge in [0.25, 0.3) is 0 Å². The fourth-order valence-electron chi connectivity index (χ4n) is 2.24. The molecule has 0 bridgehead atoms. The van der Waals surface area contributed by atoms with Gasteiger partial charge in [0.2, 0.25) is 5.95 Å². The van der Waals surface area contributed by atoms with E-state index >= 15 is 0 Å². The number of anilines is 2. The summed E-state index contributed by atoms with van der Waals surface area (Å²) in [6.07, 6.45) is 9.48. The molecule has 94 valence electrons. The number of rotatable bonds is 3. The molecule has 1 heterocycles. The maximum atomic E-state index is 10.4. The Balaban J connectivity index is 1.89. The van der Waals surface area contributed by atoms with Crippen LogP contribution in [0.25, 0.3) is 0 Å². The molecular formula is C12H20N4O. The number of aliphatic hydroxyl groups is 1. The SMILES string of the molecule is Nc1cnc(NCC2(O)CCCCCC2)nc1. The van der Waals surface area contributed by atoms with Crippen LogP contribution >= 0.6 is 0 Å². The van der Waals surface area contributed by atoms with E-state index in [2.05, 4.69) is 15.3 Å². The molecule has 1 aliphatic carbocycles. The molecule has 4 N–H and O–H groups in total. The van der Waals surface area contributed by atoms with Crippen molar-refractivity contribution in [2.24, 2.45) is 0 Å². The Labute approximate surface area is 101 Å². The highest BCUT2D eigenvalue weighted by molar-refractivity contribution is 5.36. The minimum absolute atomic E-state index is 0.511. The van der Waals surface area contributed by atoms with E-state index in [1.54, 1.807) is 12.4 Å². The number of nitrogens with zero attached hydrogens (tertiary/aromatic N) is 2. The van der Waals surface area contributed by atoms with Gasteiger partial charge in [0.1, 0.15) is 0 Å². The van der Waals surface area contributed by atoms with Crippen LogP contribution in [0.5, 0.6) is 0 Å². The van der Waals surface area contributed by atoms with Gasteiger partial charge in [-0.3, -0.25) is 0 Å². The minimum atomic E-state index is -0.610. The number of nitrogens with one attached hydrogen (secondary N) is 1. The van der Waals surface area contributed by atoms with Crippen molar-refractivity contribution in [1.82, 2.24) is 9.97 Å². The first kappa shape index (κ1) is 12.1. The van der Waals surface area contributed by atoms with Crippen LogP contribution in [-0.2, 0) is 0 Å². The molecule has 1 aliphatic rings. The Morgan fingerprint density at radius 3 is 2.35 bits per heavy atom. The quantitative estimate of drug-likeness (QED) is 0.693. The average Bonchev–Trinajstić information content (AvgIpc) is 2.54. The monoisotopic (exact) mass is 236 g/mol. The third kappa shape index (κ3) is 3.56. The number of nitrogen functional groups attached to an aromatic ring is 1. The van der Waals surface area contributed by atoms with E-state index in [-0.39, 0.29) is 0 Å². The molecule has 1 fully saturated rings. The molecule has 0 amide bonds. The van der Waals surface area contributed by atoms with Gasteiger partial charge in [-0.1, -0.05) is 25.7 Å². The molecule has 0 aromatic carbocycles. The molecular weight excluding hydrogens is 216 g/mol. The molecule has 1 aromatic heterocycles. The Kier molecular flexibility index (Phi) is 3.78. The van der Waals surface area contributed by atoms with Crippen molar-refractivity contribution in [2.75, 3.05) is 17.6 Å². The number of hydrogen-bond donors (Lipinski definition) is 3. The summed E-state index contributed by atoms with van der Waals surface area (Å²) in [5, 5.41) is 13.5. The van der Waals surface area contributed by atoms with Crippen molar-refractivity contribution in [3.8, 4) is 0 Å². The van der Waals surface area contributed by atoms with E-state index < -0.39 is 5.60 Å². The lowest BCUT2D eigenvalue weighted by atomic mass is 9.95. The van der Waals surface area contributed by atoms with Crippen LogP contribution in [0.15, 0.2) is 12.4 Å². The van der Waals surface area contributed by atoms with E-state index in [9.17, 15) is 5.11 Å². The third-order valence-corrected chi connectivity index (χ3v) is 3.28. The molecule has 0 unspecified atom stereocenters. The first-order chi connectivity index (χ1) is 8.18. The molecule has 0 saturated heterocycles. The zero-order valence-corrected chi connectivity index (χ0v) is 10.0. The van der Waals surface area contributed by atoms with Crippen LogP contribution in [0.3, 0.4) is 0 Å². The van der Waals surface area contributed by atoms with Gasteiger partial charge in [-0.05, 0) is 12.8 Å². The Morgan fingerprint density at radius 1 is 1.18 bits per heavy atom. The fraction of sp³-hybridized carbons (Fsp3) is 0.667. The molecule has 0 atom stereocenters. The van der Waals surface area contributed by atoms with Gasteiger partial charge in [0.05, 0.1) is 23.7 Å². The summed E-state index contributed by atoms with van der Waals surface area (Å²) in [4.78, 5) is 8.12. The smallest absolute Gasteiger partial charge is 0.222 e. The van der Waals surface area contributed by atoms with Gasteiger partial charge in [-0.25, -0.2) is 9.97 Å². The highest BCUT2D eigenvalue weighted by Crippen LogP contribution is 2.26. The van der Waals surface area contributed by atoms with Crippen LogP contribution < -0.4 is 11.1 Å². The highest BCUT2D eigenvalue weighted by atomic mass is 16.3. The van der Waals surface area contributed by atoms with Gasteiger partial charge in [-0.15, -0.1) is 0 Å². The third-order valence-electron chi connectivity index (χ3n) is 3.28.